The third-order valence-corrected chi connectivity index (χ3v) is 9.44. The van der Waals surface area contributed by atoms with Gasteiger partial charge >= 0.3 is 0 Å². The van der Waals surface area contributed by atoms with Crippen LogP contribution in [0.5, 0.6) is 0 Å². The lowest BCUT2D eigenvalue weighted by Crippen LogP contribution is -2.61. The highest BCUT2D eigenvalue weighted by atomic mass is 32.2. The number of sulfonamides is 1. The molecule has 6 rings (SSSR count). The van der Waals surface area contributed by atoms with Crippen molar-refractivity contribution < 1.29 is 13.2 Å². The van der Waals surface area contributed by atoms with Crippen LogP contribution in [0.2, 0.25) is 0 Å². The van der Waals surface area contributed by atoms with Gasteiger partial charge in [0.05, 0.1) is 11.4 Å². The summed E-state index contributed by atoms with van der Waals surface area (Å²) >= 11 is 0. The van der Waals surface area contributed by atoms with E-state index in [0.29, 0.717) is 37.6 Å². The number of carbonyl (C=O) groups excluding carboxylic acids is 1. The van der Waals surface area contributed by atoms with E-state index in [4.69, 9.17) is 0 Å². The average Bonchev–Trinajstić information content (AvgIpc) is 2.67. The van der Waals surface area contributed by atoms with Gasteiger partial charge in [0, 0.05) is 31.7 Å². The average molecular weight is 418 g/mol. The van der Waals surface area contributed by atoms with Crippen LogP contribution in [-0.2, 0) is 14.8 Å². The van der Waals surface area contributed by atoms with Crippen LogP contribution < -0.4 is 5.32 Å². The van der Waals surface area contributed by atoms with Crippen LogP contribution in [0.4, 0.5) is 0 Å². The van der Waals surface area contributed by atoms with E-state index in [2.05, 4.69) is 10.2 Å². The van der Waals surface area contributed by atoms with Gasteiger partial charge in [-0.15, -0.1) is 0 Å². The summed E-state index contributed by atoms with van der Waals surface area (Å²) in [5.41, 5.74) is 0.0459. The molecule has 1 aliphatic heterocycles. The summed E-state index contributed by atoms with van der Waals surface area (Å²) in [5.74, 6) is 2.56. The highest BCUT2D eigenvalue weighted by molar-refractivity contribution is 7.89. The quantitative estimate of drug-likeness (QED) is 0.796. The van der Waals surface area contributed by atoms with Crippen molar-refractivity contribution in [1.82, 2.24) is 14.5 Å². The molecule has 4 aliphatic carbocycles. The van der Waals surface area contributed by atoms with E-state index in [1.807, 2.05) is 6.07 Å². The van der Waals surface area contributed by atoms with Crippen LogP contribution in [0.15, 0.2) is 35.2 Å². The lowest BCUT2D eigenvalue weighted by Gasteiger charge is -2.57. The van der Waals surface area contributed by atoms with Gasteiger partial charge in [-0.1, -0.05) is 18.2 Å². The van der Waals surface area contributed by atoms with Gasteiger partial charge in [0.1, 0.15) is 0 Å². The fourth-order valence-corrected chi connectivity index (χ4v) is 8.11. The standard InChI is InChI=1S/C22H31N3O3S/c26-21(23-22-13-17-10-18(14-22)12-19(11-17)15-22)16-24-6-8-25(9-7-24)29(27,28)20-4-2-1-3-5-20/h1-5,17-19H,6-16H2,(H,23,26). The number of benzene rings is 1. The molecule has 29 heavy (non-hydrogen) atoms. The molecule has 4 saturated carbocycles. The van der Waals surface area contributed by atoms with E-state index in [0.717, 1.165) is 37.0 Å². The predicted molar refractivity (Wildman–Crippen MR) is 111 cm³/mol. The molecular weight excluding hydrogens is 386 g/mol. The maximum Gasteiger partial charge on any atom is 0.243 e. The van der Waals surface area contributed by atoms with Gasteiger partial charge in [-0.05, 0) is 68.4 Å². The number of piperazine rings is 1. The molecule has 0 spiro atoms. The van der Waals surface area contributed by atoms with Gasteiger partial charge in [0.15, 0.2) is 0 Å². The fraction of sp³-hybridized carbons (Fsp3) is 0.682. The first-order valence-corrected chi connectivity index (χ1v) is 12.4. The van der Waals surface area contributed by atoms with Crippen molar-refractivity contribution in [3.63, 3.8) is 0 Å². The summed E-state index contributed by atoms with van der Waals surface area (Å²) in [6.07, 6.45) is 7.59. The molecule has 5 aliphatic rings. The van der Waals surface area contributed by atoms with Crippen LogP contribution in [0.25, 0.3) is 0 Å². The fourth-order valence-electron chi connectivity index (χ4n) is 6.67. The van der Waals surface area contributed by atoms with E-state index in [9.17, 15) is 13.2 Å². The van der Waals surface area contributed by atoms with Gasteiger partial charge in [0.2, 0.25) is 15.9 Å². The Morgan fingerprint density at radius 1 is 0.931 bits per heavy atom. The smallest absolute Gasteiger partial charge is 0.243 e. The summed E-state index contributed by atoms with van der Waals surface area (Å²) in [6.45, 7) is 2.44. The highest BCUT2D eigenvalue weighted by Crippen LogP contribution is 2.55. The van der Waals surface area contributed by atoms with Crippen LogP contribution in [-0.4, -0.2) is 61.8 Å². The minimum Gasteiger partial charge on any atom is -0.350 e. The Morgan fingerprint density at radius 2 is 1.48 bits per heavy atom. The van der Waals surface area contributed by atoms with Gasteiger partial charge in [-0.2, -0.15) is 4.31 Å². The molecule has 0 unspecified atom stereocenters. The van der Waals surface area contributed by atoms with Crippen molar-refractivity contribution in [1.29, 1.82) is 0 Å². The number of hydrogen-bond acceptors (Lipinski definition) is 4. The maximum absolute atomic E-state index is 12.8. The van der Waals surface area contributed by atoms with Crippen molar-refractivity contribution in [3.8, 4) is 0 Å². The first kappa shape index (κ1) is 19.5. The van der Waals surface area contributed by atoms with Crippen LogP contribution >= 0.6 is 0 Å². The number of rotatable bonds is 5. The topological polar surface area (TPSA) is 69.7 Å². The number of hydrogen-bond donors (Lipinski definition) is 1. The molecule has 1 amide bonds. The van der Waals surface area contributed by atoms with Gasteiger partial charge < -0.3 is 5.32 Å². The molecular formula is C22H31N3O3S. The molecule has 1 aromatic rings. The maximum atomic E-state index is 12.8. The van der Waals surface area contributed by atoms with E-state index in [1.165, 1.54) is 23.6 Å². The molecule has 1 heterocycles. The third-order valence-electron chi connectivity index (χ3n) is 7.52. The Bertz CT molecular complexity index is 827. The van der Waals surface area contributed by atoms with Gasteiger partial charge in [-0.25, -0.2) is 8.42 Å². The summed E-state index contributed by atoms with van der Waals surface area (Å²) in [4.78, 5) is 15.2. The lowest BCUT2D eigenvalue weighted by molar-refractivity contribution is -0.128. The Morgan fingerprint density at radius 3 is 2.03 bits per heavy atom. The van der Waals surface area contributed by atoms with E-state index in [-0.39, 0.29) is 11.4 Å². The number of nitrogens with zero attached hydrogens (tertiary/aromatic N) is 2. The molecule has 7 heteroatoms. The van der Waals surface area contributed by atoms with E-state index >= 15 is 0 Å². The monoisotopic (exact) mass is 417 g/mol. The highest BCUT2D eigenvalue weighted by Gasteiger charge is 2.51. The second-order valence-corrected chi connectivity index (χ2v) is 11.7. The van der Waals surface area contributed by atoms with Crippen molar-refractivity contribution in [2.75, 3.05) is 32.7 Å². The molecule has 5 fully saturated rings. The molecule has 0 radical (unpaired) electrons. The Balaban J connectivity index is 1.15. The van der Waals surface area contributed by atoms with E-state index in [1.54, 1.807) is 24.3 Å². The molecule has 0 atom stereocenters. The van der Waals surface area contributed by atoms with Crippen LogP contribution in [0.3, 0.4) is 0 Å². The Labute approximate surface area is 173 Å². The zero-order valence-electron chi connectivity index (χ0n) is 16.9. The molecule has 1 N–H and O–H groups in total. The second kappa shape index (κ2) is 7.36. The zero-order valence-corrected chi connectivity index (χ0v) is 17.7. The SMILES string of the molecule is O=C(CN1CCN(S(=O)(=O)c2ccccc2)CC1)NC12CC3CC(CC(C3)C1)C2. The molecule has 6 nitrogen and oxygen atoms in total. The van der Waals surface area contributed by atoms with Crippen LogP contribution in [0.1, 0.15) is 38.5 Å². The zero-order chi connectivity index (χ0) is 20.1. The molecule has 1 aromatic carbocycles. The Kier molecular flexibility index (Phi) is 4.95. The predicted octanol–water partition coefficient (Wildman–Crippen LogP) is 2.08. The summed E-state index contributed by atoms with van der Waals surface area (Å²) in [7, 11) is -3.44. The summed E-state index contributed by atoms with van der Waals surface area (Å²) in [6, 6.07) is 8.59. The number of nitrogens with one attached hydrogen (secondary N) is 1. The number of carbonyl (C=O) groups is 1. The van der Waals surface area contributed by atoms with Crippen molar-refractivity contribution >= 4 is 15.9 Å². The first-order chi connectivity index (χ1) is 13.9. The Hall–Kier alpha value is -1.44. The molecule has 1 saturated heterocycles. The van der Waals surface area contributed by atoms with Gasteiger partial charge in [-0.3, -0.25) is 9.69 Å². The minimum absolute atomic E-state index is 0.0459. The van der Waals surface area contributed by atoms with Crippen LogP contribution in [0, 0.1) is 17.8 Å². The molecule has 0 aromatic heterocycles. The normalized spacial score (nSPS) is 35.0. The molecule has 4 bridgehead atoms. The summed E-state index contributed by atoms with van der Waals surface area (Å²) in [5, 5.41) is 3.43. The van der Waals surface area contributed by atoms with Crippen molar-refractivity contribution in [3.05, 3.63) is 30.3 Å². The van der Waals surface area contributed by atoms with Crippen molar-refractivity contribution in [2.45, 2.75) is 49.0 Å². The van der Waals surface area contributed by atoms with Crippen molar-refractivity contribution in [2.24, 2.45) is 17.8 Å². The first-order valence-electron chi connectivity index (χ1n) is 11.0. The molecule has 158 valence electrons. The number of amides is 1. The lowest BCUT2D eigenvalue weighted by atomic mass is 9.53. The minimum atomic E-state index is -3.44. The van der Waals surface area contributed by atoms with E-state index < -0.39 is 10.0 Å². The summed E-state index contributed by atoms with van der Waals surface area (Å²) < 4.78 is 27.1. The largest absolute Gasteiger partial charge is 0.350 e. The van der Waals surface area contributed by atoms with Gasteiger partial charge in [0.25, 0.3) is 0 Å². The third kappa shape index (κ3) is 3.84. The second-order valence-electron chi connectivity index (χ2n) is 9.74.